The van der Waals surface area contributed by atoms with Gasteiger partial charge in [-0.25, -0.2) is 0 Å². The van der Waals surface area contributed by atoms with Crippen molar-refractivity contribution in [2.75, 3.05) is 0 Å². The van der Waals surface area contributed by atoms with Gasteiger partial charge in [-0.2, -0.15) is 0 Å². The molecule has 0 N–H and O–H groups in total. The lowest BCUT2D eigenvalue weighted by Gasteiger charge is -2.40. The van der Waals surface area contributed by atoms with Crippen molar-refractivity contribution in [3.05, 3.63) is 101 Å². The number of ether oxygens (including phenoxy) is 1. The second-order valence-corrected chi connectivity index (χ2v) is 16.1. The number of rotatable bonds is 0. The Labute approximate surface area is 267 Å². The van der Waals surface area contributed by atoms with E-state index in [-0.39, 0.29) is 24.3 Å². The summed E-state index contributed by atoms with van der Waals surface area (Å²) in [4.78, 5) is 0. The van der Waals surface area contributed by atoms with Crippen LogP contribution >= 0.6 is 0 Å². The molecule has 0 atom stereocenters. The highest BCUT2D eigenvalue weighted by atomic mass is 16.5. The van der Waals surface area contributed by atoms with Crippen molar-refractivity contribution >= 4 is 68.0 Å². The zero-order chi connectivity index (χ0) is 31.3. The van der Waals surface area contributed by atoms with Gasteiger partial charge in [-0.05, 0) is 118 Å². The molecule has 3 aliphatic heterocycles. The Morgan fingerprint density at radius 1 is 0.533 bits per heavy atom. The zero-order valence-electron chi connectivity index (χ0n) is 27.9. The molecule has 5 aromatic carbocycles. The molecule has 0 spiro atoms. The molecular formula is C41H39B2NO. The summed E-state index contributed by atoms with van der Waals surface area (Å²) in [5, 5.41) is 2.72. The maximum Gasteiger partial charge on any atom is 0.249 e. The molecule has 0 aliphatic carbocycles. The third-order valence-electron chi connectivity index (χ3n) is 10.7. The van der Waals surface area contributed by atoms with Crippen molar-refractivity contribution in [3.63, 3.8) is 0 Å². The van der Waals surface area contributed by atoms with Crippen molar-refractivity contribution in [2.24, 2.45) is 0 Å². The number of hydrogen-bond acceptors (Lipinski definition) is 1. The zero-order valence-corrected chi connectivity index (χ0v) is 27.9. The van der Waals surface area contributed by atoms with Gasteiger partial charge in [-0.15, -0.1) is 0 Å². The van der Waals surface area contributed by atoms with Gasteiger partial charge in [0.15, 0.2) is 0 Å². The second-order valence-electron chi connectivity index (χ2n) is 16.1. The van der Waals surface area contributed by atoms with Crippen molar-refractivity contribution < 1.29 is 4.74 Å². The largest absolute Gasteiger partial charge is 0.458 e. The lowest BCUT2D eigenvalue weighted by Crippen LogP contribution is -2.77. The standard InChI is InChI=1S/C41H39B2NO/c1-22-10-12-29-35(17-22)45-36-18-24(3)15-31-38(36)42(29)30-14-23(2)16-34-37(30)43(31)32-21-26(41(7,8)9)20-28-27-19-25(40(4,5)6)11-13-33(27)44(34)39(28)32/h10-21H,1-9H3. The SMILES string of the molecule is Cc1ccc2c(c1)Oc1cc(C)cc3c1B2c1cc(C)cc2c1B3c1cc(C(C)(C)C)cc3c4cc(C(C)(C)C)ccc4n-2c13. The molecule has 0 unspecified atom stereocenters. The fourth-order valence-corrected chi connectivity index (χ4v) is 8.56. The van der Waals surface area contributed by atoms with E-state index in [2.05, 4.69) is 140 Å². The van der Waals surface area contributed by atoms with Gasteiger partial charge >= 0.3 is 0 Å². The third-order valence-corrected chi connectivity index (χ3v) is 10.7. The van der Waals surface area contributed by atoms with Gasteiger partial charge in [0, 0.05) is 22.0 Å². The summed E-state index contributed by atoms with van der Waals surface area (Å²) in [5.41, 5.74) is 19.0. The van der Waals surface area contributed by atoms with Crippen LogP contribution < -0.4 is 37.5 Å². The van der Waals surface area contributed by atoms with Gasteiger partial charge < -0.3 is 9.30 Å². The number of benzene rings is 5. The van der Waals surface area contributed by atoms with E-state index in [0.717, 1.165) is 11.5 Å². The summed E-state index contributed by atoms with van der Waals surface area (Å²) in [7, 11) is 0. The first-order valence-electron chi connectivity index (χ1n) is 16.5. The average Bonchev–Trinajstić information content (AvgIpc) is 3.29. The number of fused-ring (bicyclic) bond motifs is 9. The van der Waals surface area contributed by atoms with E-state index < -0.39 is 0 Å². The first-order chi connectivity index (χ1) is 21.3. The smallest absolute Gasteiger partial charge is 0.249 e. The molecule has 2 nitrogen and oxygen atoms in total. The van der Waals surface area contributed by atoms with Gasteiger partial charge in [-0.3, -0.25) is 0 Å². The van der Waals surface area contributed by atoms with E-state index >= 15 is 0 Å². The monoisotopic (exact) mass is 583 g/mol. The molecule has 0 saturated carbocycles. The van der Waals surface area contributed by atoms with Crippen molar-refractivity contribution in [1.29, 1.82) is 0 Å². The summed E-state index contributed by atoms with van der Waals surface area (Å²) in [5.74, 6) is 2.01. The van der Waals surface area contributed by atoms with E-state index in [1.54, 1.807) is 0 Å². The van der Waals surface area contributed by atoms with Gasteiger partial charge in [0.25, 0.3) is 0 Å². The molecule has 3 aliphatic rings. The Hall–Kier alpha value is -4.17. The molecule has 9 rings (SSSR count). The van der Waals surface area contributed by atoms with Crippen LogP contribution in [0.15, 0.2) is 72.8 Å². The first-order valence-corrected chi connectivity index (χ1v) is 16.5. The van der Waals surface area contributed by atoms with E-state index in [1.165, 1.54) is 88.1 Å². The molecule has 0 amide bonds. The molecule has 6 aromatic rings. The van der Waals surface area contributed by atoms with E-state index in [4.69, 9.17) is 4.74 Å². The van der Waals surface area contributed by atoms with Crippen LogP contribution in [0.1, 0.15) is 69.4 Å². The van der Waals surface area contributed by atoms with Crippen LogP contribution in [0.4, 0.5) is 0 Å². The molecule has 45 heavy (non-hydrogen) atoms. The Bertz CT molecular complexity index is 2310. The van der Waals surface area contributed by atoms with Crippen LogP contribution in [-0.4, -0.2) is 18.0 Å². The summed E-state index contributed by atoms with van der Waals surface area (Å²) in [6.07, 6.45) is 0. The number of hydrogen-bond donors (Lipinski definition) is 0. The summed E-state index contributed by atoms with van der Waals surface area (Å²) >= 11 is 0. The highest BCUT2D eigenvalue weighted by molar-refractivity contribution is 7.13. The number of aromatic nitrogens is 1. The van der Waals surface area contributed by atoms with Crippen molar-refractivity contribution in [3.8, 4) is 17.2 Å². The Morgan fingerprint density at radius 3 is 1.91 bits per heavy atom. The quantitative estimate of drug-likeness (QED) is 0.198. The lowest BCUT2D eigenvalue weighted by molar-refractivity contribution is 0.487. The maximum absolute atomic E-state index is 6.78. The third kappa shape index (κ3) is 3.60. The first kappa shape index (κ1) is 27.2. The van der Waals surface area contributed by atoms with Gasteiger partial charge in [0.05, 0.1) is 5.52 Å². The molecule has 0 bridgehead atoms. The Balaban J connectivity index is 1.49. The predicted molar refractivity (Wildman–Crippen MR) is 195 cm³/mol. The van der Waals surface area contributed by atoms with E-state index in [0.29, 0.717) is 0 Å². The van der Waals surface area contributed by atoms with Crippen LogP contribution in [0.5, 0.6) is 11.5 Å². The maximum atomic E-state index is 6.78. The van der Waals surface area contributed by atoms with Gasteiger partial charge in [-0.1, -0.05) is 88.9 Å². The topological polar surface area (TPSA) is 14.2 Å². The van der Waals surface area contributed by atoms with Gasteiger partial charge in [0.1, 0.15) is 11.5 Å². The highest BCUT2D eigenvalue weighted by Crippen LogP contribution is 2.39. The van der Waals surface area contributed by atoms with Gasteiger partial charge in [0.2, 0.25) is 13.4 Å². The molecular weight excluding hydrogens is 544 g/mol. The minimum Gasteiger partial charge on any atom is -0.458 e. The summed E-state index contributed by atoms with van der Waals surface area (Å²) < 4.78 is 9.39. The van der Waals surface area contributed by atoms with Crippen molar-refractivity contribution in [1.82, 2.24) is 4.57 Å². The average molecular weight is 583 g/mol. The normalized spacial score (nSPS) is 14.4. The summed E-state index contributed by atoms with van der Waals surface area (Å²) in [6, 6.07) is 28.6. The van der Waals surface area contributed by atoms with E-state index in [1.807, 2.05) is 0 Å². The molecule has 220 valence electrons. The molecule has 1 aromatic heterocycles. The fourth-order valence-electron chi connectivity index (χ4n) is 8.56. The van der Waals surface area contributed by atoms with Crippen LogP contribution in [0.2, 0.25) is 0 Å². The molecule has 4 heterocycles. The van der Waals surface area contributed by atoms with Crippen LogP contribution in [0, 0.1) is 20.8 Å². The lowest BCUT2D eigenvalue weighted by atomic mass is 9.20. The van der Waals surface area contributed by atoms with Crippen LogP contribution in [0.25, 0.3) is 27.5 Å². The molecule has 0 fully saturated rings. The van der Waals surface area contributed by atoms with Crippen molar-refractivity contribution in [2.45, 2.75) is 73.1 Å². The fraction of sp³-hybridized carbons (Fsp3) is 0.268. The van der Waals surface area contributed by atoms with Crippen LogP contribution in [-0.2, 0) is 10.8 Å². The minimum absolute atomic E-state index is 0.0142. The Morgan fingerprint density at radius 2 is 1.18 bits per heavy atom. The Kier molecular flexibility index (Phi) is 5.16. The predicted octanol–water partition coefficient (Wildman–Crippen LogP) is 6.07. The second kappa shape index (κ2) is 8.55. The minimum atomic E-state index is 0.0142. The number of aryl methyl sites for hydroxylation is 3. The molecule has 4 heteroatoms. The molecule has 0 saturated heterocycles. The number of nitrogens with zero attached hydrogens (tertiary/aromatic N) is 1. The van der Waals surface area contributed by atoms with E-state index in [9.17, 15) is 0 Å². The summed E-state index contributed by atoms with van der Waals surface area (Å²) in [6.45, 7) is 20.9. The molecule has 0 radical (unpaired) electrons. The highest BCUT2D eigenvalue weighted by Gasteiger charge is 2.47. The van der Waals surface area contributed by atoms with Crippen LogP contribution in [0.3, 0.4) is 0 Å².